The fourth-order valence-corrected chi connectivity index (χ4v) is 9.28. The molecule has 4 rings (SSSR count). The average molecular weight is 517 g/mol. The molecule has 0 aliphatic heterocycles. The van der Waals surface area contributed by atoms with Crippen LogP contribution in [0.1, 0.15) is 105 Å². The van der Waals surface area contributed by atoms with Crippen molar-refractivity contribution in [2.75, 3.05) is 13.1 Å². The molecule has 3 N–H and O–H groups in total. The molecule has 0 aromatic heterocycles. The molecule has 0 saturated heterocycles. The second-order valence-electron chi connectivity index (χ2n) is 13.7. The van der Waals surface area contributed by atoms with E-state index in [1.807, 2.05) is 0 Å². The van der Waals surface area contributed by atoms with Crippen molar-refractivity contribution in [2.45, 2.75) is 111 Å². The monoisotopic (exact) mass is 516 g/mol. The normalized spacial score (nSPS) is 37.6. The highest BCUT2D eigenvalue weighted by molar-refractivity contribution is 5.68. The van der Waals surface area contributed by atoms with Gasteiger partial charge in [-0.1, -0.05) is 65.5 Å². The quantitative estimate of drug-likeness (QED) is 0.220. The number of allylic oxidation sites excluding steroid dienone is 1. The molecule has 6 nitrogen and oxygen atoms in total. The number of carboxylic acid groups (broad SMARTS) is 1. The summed E-state index contributed by atoms with van der Waals surface area (Å²) in [6.07, 6.45) is 14.7. The Bertz CT molecular complexity index is 856. The maximum absolute atomic E-state index is 12.2. The number of carbonyl (C=O) groups is 2. The van der Waals surface area contributed by atoms with Crippen molar-refractivity contribution in [1.82, 2.24) is 10.6 Å². The Hall–Kier alpha value is -1.72. The maximum atomic E-state index is 12.2. The van der Waals surface area contributed by atoms with Crippen molar-refractivity contribution in [3.8, 4) is 0 Å². The van der Waals surface area contributed by atoms with Crippen molar-refractivity contribution in [1.29, 1.82) is 0 Å². The van der Waals surface area contributed by atoms with E-state index in [2.05, 4.69) is 51.3 Å². The lowest BCUT2D eigenvalue weighted by Gasteiger charge is -2.58. The van der Waals surface area contributed by atoms with Crippen molar-refractivity contribution in [3.05, 3.63) is 11.6 Å². The summed E-state index contributed by atoms with van der Waals surface area (Å²) in [6, 6.07) is 0. The first kappa shape index (κ1) is 28.3. The van der Waals surface area contributed by atoms with Gasteiger partial charge in [0.15, 0.2) is 0 Å². The van der Waals surface area contributed by atoms with E-state index < -0.39 is 12.2 Å². The molecule has 3 saturated carbocycles. The van der Waals surface area contributed by atoms with Crippen LogP contribution in [0, 0.1) is 46.3 Å². The number of alkyl carbamates (subject to hydrolysis) is 1. The second kappa shape index (κ2) is 11.6. The summed E-state index contributed by atoms with van der Waals surface area (Å²) in [5.74, 6) is 4.97. The van der Waals surface area contributed by atoms with E-state index >= 15 is 0 Å². The predicted octanol–water partition coefficient (Wildman–Crippen LogP) is 7.39. The third-order valence-electron chi connectivity index (χ3n) is 11.2. The van der Waals surface area contributed by atoms with Crippen molar-refractivity contribution in [3.63, 3.8) is 0 Å². The van der Waals surface area contributed by atoms with Gasteiger partial charge in [-0.15, -0.1) is 0 Å². The van der Waals surface area contributed by atoms with E-state index in [1.165, 1.54) is 56.9 Å². The largest absolute Gasteiger partial charge is 0.465 e. The number of carbonyl (C=O) groups excluding carboxylic acids is 1. The molecule has 0 unspecified atom stereocenters. The summed E-state index contributed by atoms with van der Waals surface area (Å²) in [7, 11) is 0. The van der Waals surface area contributed by atoms with E-state index in [1.54, 1.807) is 0 Å². The van der Waals surface area contributed by atoms with Crippen LogP contribution < -0.4 is 10.6 Å². The average Bonchev–Trinajstić information content (AvgIpc) is 3.19. The summed E-state index contributed by atoms with van der Waals surface area (Å²) < 4.78 is 5.73. The van der Waals surface area contributed by atoms with Gasteiger partial charge in [-0.05, 0) is 91.3 Å². The zero-order valence-corrected chi connectivity index (χ0v) is 24.0. The minimum absolute atomic E-state index is 0.0836. The van der Waals surface area contributed by atoms with Gasteiger partial charge in [-0.2, -0.15) is 0 Å². The molecule has 4 aliphatic rings. The van der Waals surface area contributed by atoms with Gasteiger partial charge in [0.05, 0.1) is 0 Å². The van der Waals surface area contributed by atoms with Gasteiger partial charge in [0, 0.05) is 19.5 Å². The van der Waals surface area contributed by atoms with E-state index in [0.29, 0.717) is 5.41 Å². The van der Waals surface area contributed by atoms with Crippen LogP contribution in [-0.2, 0) is 4.74 Å². The van der Waals surface area contributed by atoms with Crippen LogP contribution in [0.25, 0.3) is 0 Å². The number of rotatable bonds is 9. The molecule has 0 heterocycles. The molecule has 210 valence electrons. The van der Waals surface area contributed by atoms with Gasteiger partial charge in [0.1, 0.15) is 6.10 Å². The van der Waals surface area contributed by atoms with Crippen LogP contribution >= 0.6 is 0 Å². The van der Waals surface area contributed by atoms with Crippen LogP contribution in [0.2, 0.25) is 0 Å². The van der Waals surface area contributed by atoms with Gasteiger partial charge in [-0.25, -0.2) is 9.59 Å². The van der Waals surface area contributed by atoms with Crippen LogP contribution in [0.3, 0.4) is 0 Å². The number of hydrogen-bond donors (Lipinski definition) is 3. The molecule has 2 amide bonds. The first-order chi connectivity index (χ1) is 17.5. The highest BCUT2D eigenvalue weighted by Crippen LogP contribution is 2.67. The van der Waals surface area contributed by atoms with Crippen molar-refractivity contribution >= 4 is 12.2 Å². The Morgan fingerprint density at radius 3 is 2.51 bits per heavy atom. The minimum Gasteiger partial charge on any atom is -0.465 e. The summed E-state index contributed by atoms with van der Waals surface area (Å²) in [4.78, 5) is 22.8. The molecule has 37 heavy (non-hydrogen) atoms. The van der Waals surface area contributed by atoms with Crippen LogP contribution in [0.4, 0.5) is 9.59 Å². The van der Waals surface area contributed by atoms with Crippen LogP contribution in [0.15, 0.2) is 11.6 Å². The second-order valence-corrected chi connectivity index (χ2v) is 13.7. The molecule has 0 radical (unpaired) electrons. The highest BCUT2D eigenvalue weighted by Gasteiger charge is 2.59. The first-order valence-electron chi connectivity index (χ1n) is 15.2. The van der Waals surface area contributed by atoms with Crippen molar-refractivity contribution < 1.29 is 19.4 Å². The van der Waals surface area contributed by atoms with Gasteiger partial charge < -0.3 is 20.5 Å². The predicted molar refractivity (Wildman–Crippen MR) is 147 cm³/mol. The number of hydrogen-bond acceptors (Lipinski definition) is 3. The summed E-state index contributed by atoms with van der Waals surface area (Å²) in [6.45, 7) is 12.8. The maximum Gasteiger partial charge on any atom is 0.407 e. The fourth-order valence-electron chi connectivity index (χ4n) is 9.28. The molecule has 3 fully saturated rings. The lowest BCUT2D eigenvalue weighted by atomic mass is 9.47. The topological polar surface area (TPSA) is 87.7 Å². The molecule has 8 atom stereocenters. The molecule has 4 aliphatic carbocycles. The first-order valence-corrected chi connectivity index (χ1v) is 15.2. The number of fused-ring (bicyclic) bond motifs is 5. The lowest BCUT2D eigenvalue weighted by molar-refractivity contribution is -0.0581. The molecular formula is C31H52N2O4. The lowest BCUT2D eigenvalue weighted by Crippen LogP contribution is -2.51. The van der Waals surface area contributed by atoms with Crippen LogP contribution in [0.5, 0.6) is 0 Å². The number of amides is 2. The zero-order valence-electron chi connectivity index (χ0n) is 24.0. The van der Waals surface area contributed by atoms with E-state index in [0.717, 1.165) is 54.8 Å². The minimum atomic E-state index is -1.09. The van der Waals surface area contributed by atoms with E-state index in [-0.39, 0.29) is 24.6 Å². The molecule has 0 spiro atoms. The van der Waals surface area contributed by atoms with Gasteiger partial charge in [0.25, 0.3) is 0 Å². The summed E-state index contributed by atoms with van der Waals surface area (Å²) >= 11 is 0. The van der Waals surface area contributed by atoms with Crippen molar-refractivity contribution in [2.24, 2.45) is 46.3 Å². The smallest absolute Gasteiger partial charge is 0.407 e. The third kappa shape index (κ3) is 5.98. The molecule has 6 heteroatoms. The molecule has 0 aromatic carbocycles. The Labute approximate surface area is 224 Å². The zero-order chi connectivity index (χ0) is 26.8. The number of ether oxygens (including phenoxy) is 1. The standard InChI is InChI=1S/C31H52N2O4/c1-20(2)7-6-8-21(3)25-11-12-26-24-10-9-22-19-23(37-29(36)33-18-17-32-28(34)35)13-15-30(22,4)27(24)14-16-31(25,26)5/h9,20-21,23-27,32H,6-8,10-19H2,1-5H3,(H,33,36)(H,34,35)/t21-,23+,24+,25-,26+,27+,30+,31-/m1/s1. The Kier molecular flexibility index (Phi) is 8.85. The van der Waals surface area contributed by atoms with Crippen LogP contribution in [-0.4, -0.2) is 36.5 Å². The SMILES string of the molecule is CC(C)CCC[C@@H](C)[C@H]1CC[C@H]2[C@@H]3CC=C4C[C@@H](OC(=O)NCCNC(=O)O)CC[C@]4(C)[C@H]3CC[C@]12C. The molecule has 0 bridgehead atoms. The highest BCUT2D eigenvalue weighted by atomic mass is 16.6. The molecule has 0 aromatic rings. The molecular weight excluding hydrogens is 464 g/mol. The van der Waals surface area contributed by atoms with Gasteiger partial charge in [0.2, 0.25) is 0 Å². The van der Waals surface area contributed by atoms with Gasteiger partial charge in [-0.3, -0.25) is 0 Å². The fraction of sp³-hybridized carbons (Fsp3) is 0.871. The Balaban J connectivity index is 1.35. The van der Waals surface area contributed by atoms with Gasteiger partial charge >= 0.3 is 12.2 Å². The summed E-state index contributed by atoms with van der Waals surface area (Å²) in [5, 5.41) is 13.6. The Morgan fingerprint density at radius 1 is 1.03 bits per heavy atom. The number of nitrogens with one attached hydrogen (secondary N) is 2. The van der Waals surface area contributed by atoms with E-state index in [4.69, 9.17) is 9.84 Å². The van der Waals surface area contributed by atoms with E-state index in [9.17, 15) is 9.59 Å². The Morgan fingerprint density at radius 2 is 1.78 bits per heavy atom. The summed E-state index contributed by atoms with van der Waals surface area (Å²) in [5.41, 5.74) is 2.27. The third-order valence-corrected chi connectivity index (χ3v) is 11.2.